The fraction of sp³-hybridized carbons (Fsp3) is 0. The summed E-state index contributed by atoms with van der Waals surface area (Å²) in [6, 6.07) is 0. The van der Waals surface area contributed by atoms with E-state index >= 15 is 0 Å². The monoisotopic (exact) mass is 737 g/mol. The van der Waals surface area contributed by atoms with E-state index in [2.05, 4.69) is 0 Å². The van der Waals surface area contributed by atoms with Crippen molar-refractivity contribution in [1.82, 2.24) is 30.8 Å². The third-order valence-corrected chi connectivity index (χ3v) is 9.78. The Morgan fingerprint density at radius 1 is 0.214 bits per heavy atom. The molecule has 0 unspecified atom stereocenters. The molecule has 0 aliphatic rings. The number of quaternary nitrogens is 2. The molecule has 0 aromatic heterocycles. The Morgan fingerprint density at radius 3 is 0.262 bits per heavy atom. The molecule has 0 saturated carbocycles. The summed E-state index contributed by atoms with van der Waals surface area (Å²) in [4.78, 5) is 18.4. The fourth-order valence-electron chi connectivity index (χ4n) is 0.530. The van der Waals surface area contributed by atoms with Crippen LogP contribution in [0.4, 0.5) is 0 Å². The van der Waals surface area contributed by atoms with Gasteiger partial charge in [-0.25, -0.2) is 0 Å². The zero-order valence-electron chi connectivity index (χ0n) is 23.4. The van der Waals surface area contributed by atoms with Crippen molar-refractivity contribution in [2.45, 2.75) is 0 Å². The van der Waals surface area contributed by atoms with Crippen molar-refractivity contribution in [1.29, 1.82) is 78.9 Å². The summed E-state index contributed by atoms with van der Waals surface area (Å²) in [7, 11) is 0. The van der Waals surface area contributed by atoms with Gasteiger partial charge in [0, 0.05) is 0 Å². The van der Waals surface area contributed by atoms with Crippen LogP contribution in [0.1, 0.15) is 0 Å². The maximum atomic E-state index is 8.35. The van der Waals surface area contributed by atoms with Gasteiger partial charge in [0.15, 0.2) is 0 Å². The smallest absolute Gasteiger partial charge is 0.369 e. The Kier molecular flexibility index (Phi) is 55.7. The quantitative estimate of drug-likeness (QED) is 0.144. The summed E-state index contributed by atoms with van der Waals surface area (Å²) >= 11 is -14.3. The molecule has 0 aromatic carbocycles. The standard InChI is InChI=1S/15CN.3Fe.5H3N.4Na/c15*1-2;;;;;;;;;;;;/h;;;;;;;;;;;;;;;;;;5*1H3;;;;/q;;;;;;;;;;;;;;;3*-2;;;;;;4*+1/p+2. The summed E-state index contributed by atoms with van der Waals surface area (Å²) in [5.74, 6) is 0. The Balaban J connectivity index is -0.0000000290. The summed E-state index contributed by atoms with van der Waals surface area (Å²) < 4.78 is 0. The van der Waals surface area contributed by atoms with E-state index in [-0.39, 0.29) is 149 Å². The molecule has 0 heterocycles. The molecule has 0 saturated heterocycles. The summed E-state index contributed by atoms with van der Waals surface area (Å²) in [5, 5.41) is 125. The van der Waals surface area contributed by atoms with Gasteiger partial charge in [-0.05, 0) is 0 Å². The maximum Gasteiger partial charge on any atom is 1.00 e. The Morgan fingerprint density at radius 2 is 0.262 bits per heavy atom. The normalized spacial score (nSPS) is 8.93. The van der Waals surface area contributed by atoms with Crippen molar-refractivity contribution in [3.05, 3.63) is 0 Å². The van der Waals surface area contributed by atoms with E-state index in [9.17, 15) is 0 Å². The molecular weight excluding hydrogens is 720 g/mol. The summed E-state index contributed by atoms with van der Waals surface area (Å²) in [6.07, 6.45) is 0. The van der Waals surface area contributed by atoms with Crippen LogP contribution in [-0.2, 0) is 35.4 Å². The van der Waals surface area contributed by atoms with Crippen LogP contribution in [0, 0.1) is 153 Å². The predicted octanol–water partition coefficient (Wildman–Crippen LogP) is -10.5. The van der Waals surface area contributed by atoms with Crippen molar-refractivity contribution in [3.8, 4) is 74.5 Å². The molecule has 0 aliphatic heterocycles. The van der Waals surface area contributed by atoms with Gasteiger partial charge in [-0.15, -0.1) is 0 Å². The fourth-order valence-corrected chi connectivity index (χ4v) is 2.19. The molecule has 42 heavy (non-hydrogen) atoms. The van der Waals surface area contributed by atoms with E-state index < -0.39 is 35.4 Å². The minimum atomic E-state index is -4.78. The largest absolute Gasteiger partial charge is 1.00 e. The van der Waals surface area contributed by atoms with Gasteiger partial charge < -0.3 is 30.8 Å². The maximum absolute atomic E-state index is 8.35. The number of hydrogen-bond donors (Lipinski definition) is 5. The number of hydrogen-bond acceptors (Lipinski definition) is 18. The predicted molar refractivity (Wildman–Crippen MR) is 111 cm³/mol. The second-order valence-corrected chi connectivity index (χ2v) is 15.8. The molecule has 0 fully saturated rings. The molecule has 205 valence electrons. The van der Waals surface area contributed by atoms with Gasteiger partial charge >= 0.3 is 307 Å². The van der Waals surface area contributed by atoms with Crippen molar-refractivity contribution in [3.63, 3.8) is 0 Å². The Labute approximate surface area is 332 Å². The van der Waals surface area contributed by atoms with Crippen molar-refractivity contribution in [2.75, 3.05) is 0 Å². The molecular formula is C15H17Fe3N20Na4. The van der Waals surface area contributed by atoms with E-state index in [1.54, 1.807) is 0 Å². The van der Waals surface area contributed by atoms with Crippen LogP contribution in [0.3, 0.4) is 0 Å². The Bertz CT molecular complexity index is 1080. The topological polar surface area (TPSA) is 535 Å². The molecule has 0 amide bonds. The SMILES string of the molecule is N.N.N.N#[C][Fe-2]([C]#N)([C]#N)([C]#N)[C]#N.N#[C][Fe-2]([C]#N)([C]#N)([C]#N)[C]#N.N#[C][Fe-2]([C]#N)([C]#N)([C]#N)[C]#N.[NH4+].[NH4+].[Na+].[Na+].[Na+].[Na+]. The number of rotatable bonds is 0. The van der Waals surface area contributed by atoms with Crippen LogP contribution in [0.2, 0.25) is 0 Å². The van der Waals surface area contributed by atoms with E-state index in [0.717, 1.165) is 0 Å². The second-order valence-electron chi connectivity index (χ2n) is 3.84. The van der Waals surface area contributed by atoms with Gasteiger partial charge in [-0.3, -0.25) is 0 Å². The van der Waals surface area contributed by atoms with Gasteiger partial charge in [0.1, 0.15) is 0 Å². The van der Waals surface area contributed by atoms with E-state index in [1.165, 1.54) is 74.5 Å². The number of nitriles is 15. The second kappa shape index (κ2) is 30.2. The average Bonchev–Trinajstić information content (AvgIpc) is 2.92. The van der Waals surface area contributed by atoms with Crippen LogP contribution in [0.5, 0.6) is 0 Å². The molecule has 0 aliphatic carbocycles. The average molecular weight is 737 g/mol. The van der Waals surface area contributed by atoms with Gasteiger partial charge in [0.05, 0.1) is 0 Å². The van der Waals surface area contributed by atoms with E-state index in [0.29, 0.717) is 0 Å². The molecule has 0 spiro atoms. The van der Waals surface area contributed by atoms with Crippen LogP contribution in [0.25, 0.3) is 0 Å². The van der Waals surface area contributed by atoms with Crippen molar-refractivity contribution < 1.29 is 154 Å². The zero-order chi connectivity index (χ0) is 26.9. The minimum Gasteiger partial charge on any atom is -0.369 e. The van der Waals surface area contributed by atoms with Crippen molar-refractivity contribution in [2.24, 2.45) is 0 Å². The van der Waals surface area contributed by atoms with Gasteiger partial charge in [0.2, 0.25) is 0 Å². The van der Waals surface area contributed by atoms with Gasteiger partial charge in [0.25, 0.3) is 0 Å². The number of nitrogens with zero attached hydrogens (tertiary/aromatic N) is 15. The molecule has 17 N–H and O–H groups in total. The van der Waals surface area contributed by atoms with Crippen LogP contribution < -0.4 is 149 Å². The molecule has 0 atom stereocenters. The summed E-state index contributed by atoms with van der Waals surface area (Å²) in [6.45, 7) is 0. The van der Waals surface area contributed by atoms with Gasteiger partial charge in [-0.1, -0.05) is 0 Å². The minimum absolute atomic E-state index is 0. The molecule has 0 bridgehead atoms. The molecule has 0 aromatic rings. The first kappa shape index (κ1) is 77.5. The zero-order valence-corrected chi connectivity index (χ0v) is 34.7. The molecule has 20 nitrogen and oxygen atoms in total. The third kappa shape index (κ3) is 15.3. The molecule has 0 rings (SSSR count). The van der Waals surface area contributed by atoms with E-state index in [1.807, 2.05) is 0 Å². The molecule has 27 heteroatoms. The van der Waals surface area contributed by atoms with Crippen LogP contribution in [-0.4, -0.2) is 0 Å². The first-order valence-electron chi connectivity index (χ1n) is 6.01. The Hall–Kier alpha value is -2.29. The molecule has 0 radical (unpaired) electrons. The van der Waals surface area contributed by atoms with Crippen LogP contribution in [0.15, 0.2) is 0 Å². The first-order chi connectivity index (χ1) is 15.4. The van der Waals surface area contributed by atoms with Gasteiger partial charge in [-0.2, -0.15) is 0 Å². The van der Waals surface area contributed by atoms with Crippen molar-refractivity contribution >= 4 is 0 Å². The van der Waals surface area contributed by atoms with Crippen LogP contribution >= 0.6 is 0 Å². The van der Waals surface area contributed by atoms with E-state index in [4.69, 9.17) is 78.9 Å². The summed E-state index contributed by atoms with van der Waals surface area (Å²) in [5.41, 5.74) is 0. The first-order valence-corrected chi connectivity index (χ1v) is 14.3. The third-order valence-electron chi connectivity index (χ3n) is 2.37.